The Morgan fingerprint density at radius 1 is 1.21 bits per heavy atom. The zero-order chi connectivity index (χ0) is 19.9. The molecule has 2 heterocycles. The summed E-state index contributed by atoms with van der Waals surface area (Å²) in [6.45, 7) is 1.91. The lowest BCUT2D eigenvalue weighted by atomic mass is 10.2. The second-order valence-electron chi connectivity index (χ2n) is 6.07. The van der Waals surface area contributed by atoms with Gasteiger partial charge in [0.05, 0.1) is 12.8 Å². The van der Waals surface area contributed by atoms with Gasteiger partial charge in [-0.3, -0.25) is 9.59 Å². The molecule has 3 aromatic rings. The minimum absolute atomic E-state index is 0.280. The SMILES string of the molecule is CC(NC(=O)/C=C/c1ccc(-c2cccc(Cl)c2)s1)C(=O)NCc1ccco1. The summed E-state index contributed by atoms with van der Waals surface area (Å²) >= 11 is 7.58. The Kier molecular flexibility index (Phi) is 6.68. The Labute approximate surface area is 172 Å². The summed E-state index contributed by atoms with van der Waals surface area (Å²) in [6.07, 6.45) is 4.69. The van der Waals surface area contributed by atoms with Gasteiger partial charge in [-0.1, -0.05) is 23.7 Å². The van der Waals surface area contributed by atoms with Crippen molar-refractivity contribution in [2.45, 2.75) is 19.5 Å². The number of hydrogen-bond acceptors (Lipinski definition) is 4. The minimum atomic E-state index is -0.655. The molecule has 1 atom stereocenters. The molecule has 2 N–H and O–H groups in total. The van der Waals surface area contributed by atoms with E-state index in [-0.39, 0.29) is 18.4 Å². The lowest BCUT2D eigenvalue weighted by molar-refractivity contribution is -0.126. The van der Waals surface area contributed by atoms with Crippen LogP contribution in [0.5, 0.6) is 0 Å². The van der Waals surface area contributed by atoms with E-state index in [1.165, 1.54) is 6.08 Å². The van der Waals surface area contributed by atoms with Crippen LogP contribution in [0.15, 0.2) is 65.3 Å². The van der Waals surface area contributed by atoms with Crippen LogP contribution in [0.1, 0.15) is 17.6 Å². The van der Waals surface area contributed by atoms with Gasteiger partial charge < -0.3 is 15.1 Å². The van der Waals surface area contributed by atoms with Gasteiger partial charge in [-0.25, -0.2) is 0 Å². The summed E-state index contributed by atoms with van der Waals surface area (Å²) in [4.78, 5) is 26.1. The average Bonchev–Trinajstić information content (AvgIpc) is 3.36. The summed E-state index contributed by atoms with van der Waals surface area (Å²) in [7, 11) is 0. The second kappa shape index (κ2) is 9.39. The van der Waals surface area contributed by atoms with Gasteiger partial charge in [-0.05, 0) is 55.0 Å². The van der Waals surface area contributed by atoms with Crippen LogP contribution in [0.4, 0.5) is 0 Å². The number of furan rings is 1. The van der Waals surface area contributed by atoms with Crippen LogP contribution in [0.3, 0.4) is 0 Å². The Balaban J connectivity index is 1.51. The molecule has 2 amide bonds. The summed E-state index contributed by atoms with van der Waals surface area (Å²) < 4.78 is 5.15. The highest BCUT2D eigenvalue weighted by molar-refractivity contribution is 7.16. The normalized spacial score (nSPS) is 12.1. The first-order valence-corrected chi connectivity index (χ1v) is 9.85. The van der Waals surface area contributed by atoms with E-state index in [0.717, 1.165) is 15.3 Å². The van der Waals surface area contributed by atoms with Crippen molar-refractivity contribution in [2.24, 2.45) is 0 Å². The third-order valence-corrected chi connectivity index (χ3v) is 5.24. The number of nitrogens with one attached hydrogen (secondary N) is 2. The average molecular weight is 415 g/mol. The van der Waals surface area contributed by atoms with Crippen molar-refractivity contribution in [1.82, 2.24) is 10.6 Å². The van der Waals surface area contributed by atoms with Crippen LogP contribution in [-0.2, 0) is 16.1 Å². The second-order valence-corrected chi connectivity index (χ2v) is 7.62. The van der Waals surface area contributed by atoms with Crippen LogP contribution in [0.2, 0.25) is 5.02 Å². The smallest absolute Gasteiger partial charge is 0.244 e. The zero-order valence-corrected chi connectivity index (χ0v) is 16.7. The van der Waals surface area contributed by atoms with Gasteiger partial charge in [0.15, 0.2) is 0 Å². The van der Waals surface area contributed by atoms with Crippen LogP contribution >= 0.6 is 22.9 Å². The van der Waals surface area contributed by atoms with E-state index in [9.17, 15) is 9.59 Å². The van der Waals surface area contributed by atoms with E-state index in [1.807, 2.05) is 36.4 Å². The van der Waals surface area contributed by atoms with Gasteiger partial charge in [-0.15, -0.1) is 11.3 Å². The monoisotopic (exact) mass is 414 g/mol. The molecular formula is C21H19ClN2O3S. The Bertz CT molecular complexity index is 979. The molecule has 1 aromatic carbocycles. The molecule has 5 nitrogen and oxygen atoms in total. The van der Waals surface area contributed by atoms with Crippen LogP contribution in [0.25, 0.3) is 16.5 Å². The lowest BCUT2D eigenvalue weighted by Crippen LogP contribution is -2.43. The van der Waals surface area contributed by atoms with E-state index in [4.69, 9.17) is 16.0 Å². The first-order chi connectivity index (χ1) is 13.5. The first kappa shape index (κ1) is 19.9. The maximum atomic E-state index is 12.1. The zero-order valence-electron chi connectivity index (χ0n) is 15.1. The first-order valence-electron chi connectivity index (χ1n) is 8.66. The number of hydrogen-bond donors (Lipinski definition) is 2. The molecule has 3 rings (SSSR count). The van der Waals surface area contributed by atoms with Gasteiger partial charge in [0.1, 0.15) is 11.8 Å². The number of rotatable bonds is 7. The van der Waals surface area contributed by atoms with Gasteiger partial charge in [0, 0.05) is 20.9 Å². The molecule has 7 heteroatoms. The molecule has 0 fully saturated rings. The predicted molar refractivity (Wildman–Crippen MR) is 112 cm³/mol. The third-order valence-electron chi connectivity index (χ3n) is 3.90. The van der Waals surface area contributed by atoms with Crippen molar-refractivity contribution in [2.75, 3.05) is 0 Å². The highest BCUT2D eigenvalue weighted by Gasteiger charge is 2.14. The fourth-order valence-corrected chi connectivity index (χ4v) is 3.56. The molecule has 144 valence electrons. The molecule has 0 spiro atoms. The van der Waals surface area contributed by atoms with Gasteiger partial charge in [0.2, 0.25) is 11.8 Å². The highest BCUT2D eigenvalue weighted by atomic mass is 35.5. The highest BCUT2D eigenvalue weighted by Crippen LogP contribution is 2.30. The van der Waals surface area contributed by atoms with Crippen molar-refractivity contribution in [3.05, 3.63) is 76.5 Å². The molecule has 0 aliphatic rings. The standard InChI is InChI=1S/C21H19ClN2O3S/c1-14(21(26)23-13-17-6-3-11-27-17)24-20(25)10-8-18-7-9-19(28-18)15-4-2-5-16(22)12-15/h2-12,14H,13H2,1H3,(H,23,26)(H,24,25)/b10-8+. The number of halogens is 1. The number of amides is 2. The Morgan fingerprint density at radius 2 is 2.07 bits per heavy atom. The summed E-state index contributed by atoms with van der Waals surface area (Å²) in [6, 6.07) is 14.4. The predicted octanol–water partition coefficient (Wildman–Crippen LogP) is 4.50. The molecule has 0 aliphatic heterocycles. The van der Waals surface area contributed by atoms with E-state index in [1.54, 1.807) is 42.7 Å². The lowest BCUT2D eigenvalue weighted by Gasteiger charge is -2.12. The molecule has 0 saturated carbocycles. The molecule has 0 bridgehead atoms. The fraction of sp³-hybridized carbons (Fsp3) is 0.143. The van der Waals surface area contributed by atoms with Crippen molar-refractivity contribution in [1.29, 1.82) is 0 Å². The molecule has 0 radical (unpaired) electrons. The number of thiophene rings is 1. The van der Waals surface area contributed by atoms with Gasteiger partial charge in [-0.2, -0.15) is 0 Å². The molecule has 0 saturated heterocycles. The molecule has 1 unspecified atom stereocenters. The topological polar surface area (TPSA) is 71.3 Å². The maximum Gasteiger partial charge on any atom is 0.244 e. The van der Waals surface area contributed by atoms with Crippen LogP contribution in [-0.4, -0.2) is 17.9 Å². The largest absolute Gasteiger partial charge is 0.467 e. The molecule has 0 aliphatic carbocycles. The summed E-state index contributed by atoms with van der Waals surface area (Å²) in [5.74, 6) is 0.0378. The minimum Gasteiger partial charge on any atom is -0.467 e. The van der Waals surface area contributed by atoms with Crippen LogP contribution in [0, 0.1) is 0 Å². The molecule has 28 heavy (non-hydrogen) atoms. The van der Waals surface area contributed by atoms with Crippen molar-refractivity contribution >= 4 is 40.8 Å². The van der Waals surface area contributed by atoms with E-state index in [0.29, 0.717) is 10.8 Å². The quantitative estimate of drug-likeness (QED) is 0.559. The maximum absolute atomic E-state index is 12.1. The third kappa shape index (κ3) is 5.58. The Morgan fingerprint density at radius 3 is 2.82 bits per heavy atom. The number of benzene rings is 1. The van der Waals surface area contributed by atoms with E-state index < -0.39 is 6.04 Å². The van der Waals surface area contributed by atoms with Gasteiger partial charge >= 0.3 is 0 Å². The van der Waals surface area contributed by atoms with Crippen molar-refractivity contribution < 1.29 is 14.0 Å². The van der Waals surface area contributed by atoms with Crippen molar-refractivity contribution in [3.63, 3.8) is 0 Å². The summed E-state index contributed by atoms with van der Waals surface area (Å²) in [5.41, 5.74) is 1.03. The molecule has 2 aromatic heterocycles. The number of carbonyl (C=O) groups excluding carboxylic acids is 2. The fourth-order valence-electron chi connectivity index (χ4n) is 2.46. The van der Waals surface area contributed by atoms with Crippen LogP contribution < -0.4 is 10.6 Å². The van der Waals surface area contributed by atoms with E-state index in [2.05, 4.69) is 10.6 Å². The van der Waals surface area contributed by atoms with Gasteiger partial charge in [0.25, 0.3) is 0 Å². The summed E-state index contributed by atoms with van der Waals surface area (Å²) in [5, 5.41) is 6.04. The van der Waals surface area contributed by atoms with E-state index >= 15 is 0 Å². The molecular weight excluding hydrogens is 396 g/mol. The van der Waals surface area contributed by atoms with Crippen molar-refractivity contribution in [3.8, 4) is 10.4 Å². The Hall–Kier alpha value is -2.83. The number of carbonyl (C=O) groups is 2.